The third kappa shape index (κ3) is 2.05. The Bertz CT molecular complexity index is 2000. The van der Waals surface area contributed by atoms with Crippen LogP contribution in [-0.2, 0) is 11.3 Å². The van der Waals surface area contributed by atoms with Crippen LogP contribution >= 0.6 is 0 Å². The van der Waals surface area contributed by atoms with Gasteiger partial charge in [-0.3, -0.25) is 0 Å². The molecule has 6 aromatic rings. The predicted octanol–water partition coefficient (Wildman–Crippen LogP) is 6.45. The zero-order valence-corrected chi connectivity index (χ0v) is 20.7. The highest BCUT2D eigenvalue weighted by Gasteiger charge is 2.69. The highest BCUT2D eigenvalue weighted by atomic mass is 16.5. The van der Waals surface area contributed by atoms with Crippen molar-refractivity contribution >= 4 is 21.8 Å². The van der Waals surface area contributed by atoms with Crippen LogP contribution in [0.5, 0.6) is 5.75 Å². The van der Waals surface area contributed by atoms with Gasteiger partial charge in [0.2, 0.25) is 17.0 Å². The van der Waals surface area contributed by atoms with Crippen molar-refractivity contribution < 1.29 is 13.9 Å². The first kappa shape index (κ1) is 19.7. The van der Waals surface area contributed by atoms with Gasteiger partial charge in [-0.15, -0.1) is 0 Å². The lowest BCUT2D eigenvalue weighted by molar-refractivity contribution is -0.982. The summed E-state index contributed by atoms with van der Waals surface area (Å²) in [6.45, 7) is 4.74. The van der Waals surface area contributed by atoms with Crippen LogP contribution in [0.15, 0.2) is 109 Å². The van der Waals surface area contributed by atoms with E-state index in [-0.39, 0.29) is 5.41 Å². The molecule has 2 aromatic heterocycles. The molecule has 3 aliphatic rings. The minimum atomic E-state index is -0.842. The molecule has 0 radical (unpaired) electrons. The number of aromatic nitrogens is 2. The van der Waals surface area contributed by atoms with Crippen molar-refractivity contribution in [1.82, 2.24) is 0 Å². The summed E-state index contributed by atoms with van der Waals surface area (Å²) in [7, 11) is 0. The highest BCUT2D eigenvalue weighted by Crippen LogP contribution is 2.56. The average Bonchev–Trinajstić information content (AvgIpc) is 3.51. The van der Waals surface area contributed by atoms with Gasteiger partial charge in [-0.25, -0.2) is 0 Å². The van der Waals surface area contributed by atoms with Gasteiger partial charge in [0.05, 0.1) is 21.9 Å². The van der Waals surface area contributed by atoms with Gasteiger partial charge >= 0.3 is 5.85 Å². The molecule has 1 spiro atoms. The highest BCUT2D eigenvalue weighted by molar-refractivity contribution is 6.00. The summed E-state index contributed by atoms with van der Waals surface area (Å²) < 4.78 is 12.0. The van der Waals surface area contributed by atoms with Gasteiger partial charge in [-0.1, -0.05) is 77.6 Å². The first-order valence-corrected chi connectivity index (χ1v) is 13.0. The summed E-state index contributed by atoms with van der Waals surface area (Å²) in [6, 6.07) is 37.3. The van der Waals surface area contributed by atoms with Crippen LogP contribution in [0.2, 0.25) is 0 Å². The van der Waals surface area contributed by atoms with Crippen molar-refractivity contribution in [3.05, 3.63) is 126 Å². The first-order chi connectivity index (χ1) is 18.1. The number of hydrogen-bond donors (Lipinski definition) is 0. The summed E-state index contributed by atoms with van der Waals surface area (Å²) in [4.78, 5) is 0. The molecule has 3 heteroatoms. The molecule has 1 atom stereocenters. The smallest absolute Gasteiger partial charge is 0.367 e. The van der Waals surface area contributed by atoms with E-state index in [4.69, 9.17) is 4.74 Å². The lowest BCUT2D eigenvalue weighted by Crippen LogP contribution is -2.73. The van der Waals surface area contributed by atoms with Crippen LogP contribution < -0.4 is 13.9 Å². The molecular formula is C34H24N2O+2. The third-order valence-corrected chi connectivity index (χ3v) is 8.82. The molecular weight excluding hydrogens is 452 g/mol. The number of pyridine rings is 2. The molecule has 2 aliphatic heterocycles. The Morgan fingerprint density at radius 2 is 1.41 bits per heavy atom. The topological polar surface area (TPSA) is 17.0 Å². The maximum atomic E-state index is 7.16. The Morgan fingerprint density at radius 1 is 0.676 bits per heavy atom. The fourth-order valence-electron chi connectivity index (χ4n) is 7.44. The molecule has 9 rings (SSSR count). The zero-order valence-electron chi connectivity index (χ0n) is 20.7. The molecule has 0 saturated carbocycles. The maximum absolute atomic E-state index is 7.16. The Balaban J connectivity index is 1.56. The van der Waals surface area contributed by atoms with Gasteiger partial charge in [0.1, 0.15) is 0 Å². The van der Waals surface area contributed by atoms with Crippen LogP contribution in [0.3, 0.4) is 0 Å². The fourth-order valence-corrected chi connectivity index (χ4v) is 7.44. The molecule has 37 heavy (non-hydrogen) atoms. The summed E-state index contributed by atoms with van der Waals surface area (Å²) in [5.74, 6) is 0.0735. The number of benzene rings is 4. The lowest BCUT2D eigenvalue weighted by atomic mass is 9.80. The van der Waals surface area contributed by atoms with Gasteiger partial charge in [0.15, 0.2) is 11.8 Å². The minimum absolute atomic E-state index is 0.113. The normalized spacial score (nSPS) is 19.1. The number of ether oxygens (including phenoxy) is 1. The second-order valence-electron chi connectivity index (χ2n) is 10.9. The fraction of sp³-hybridized carbons (Fsp3) is 0.118. The molecule has 0 saturated heterocycles. The minimum Gasteiger partial charge on any atom is -0.367 e. The van der Waals surface area contributed by atoms with Crippen molar-refractivity contribution in [2.24, 2.45) is 0 Å². The molecule has 0 amide bonds. The Morgan fingerprint density at radius 3 is 2.30 bits per heavy atom. The third-order valence-electron chi connectivity index (χ3n) is 8.82. The largest absolute Gasteiger partial charge is 0.556 e. The molecule has 4 heterocycles. The molecule has 0 fully saturated rings. The van der Waals surface area contributed by atoms with Crippen molar-refractivity contribution in [1.29, 1.82) is 0 Å². The van der Waals surface area contributed by atoms with Gasteiger partial charge in [-0.05, 0) is 53.1 Å². The van der Waals surface area contributed by atoms with Gasteiger partial charge in [0.25, 0.3) is 5.52 Å². The van der Waals surface area contributed by atoms with Crippen LogP contribution in [0.4, 0.5) is 0 Å². The van der Waals surface area contributed by atoms with E-state index < -0.39 is 5.85 Å². The van der Waals surface area contributed by atoms with E-state index in [1.165, 1.54) is 55.4 Å². The van der Waals surface area contributed by atoms with E-state index in [0.717, 1.165) is 11.3 Å². The number of hydrogen-bond acceptors (Lipinski definition) is 1. The van der Waals surface area contributed by atoms with E-state index in [2.05, 4.69) is 132 Å². The molecule has 174 valence electrons. The molecule has 4 aromatic carbocycles. The summed E-state index contributed by atoms with van der Waals surface area (Å²) in [5.41, 5.74) is 11.3. The number of fused-ring (bicyclic) bond motifs is 13. The summed E-state index contributed by atoms with van der Waals surface area (Å²) in [5, 5.41) is 2.46. The number of rotatable bonds is 0. The Kier molecular flexibility index (Phi) is 3.32. The summed E-state index contributed by atoms with van der Waals surface area (Å²) >= 11 is 0. The monoisotopic (exact) mass is 476 g/mol. The van der Waals surface area contributed by atoms with Crippen molar-refractivity contribution in [2.75, 3.05) is 0 Å². The van der Waals surface area contributed by atoms with Gasteiger partial charge in [-0.2, -0.15) is 0 Å². The predicted molar refractivity (Wildman–Crippen MR) is 144 cm³/mol. The molecule has 1 aliphatic carbocycles. The van der Waals surface area contributed by atoms with E-state index in [9.17, 15) is 0 Å². The van der Waals surface area contributed by atoms with Crippen LogP contribution in [-0.4, -0.2) is 0 Å². The van der Waals surface area contributed by atoms with Gasteiger partial charge in [0, 0.05) is 17.5 Å². The zero-order chi connectivity index (χ0) is 24.5. The van der Waals surface area contributed by atoms with E-state index in [1.54, 1.807) is 0 Å². The van der Waals surface area contributed by atoms with Gasteiger partial charge < -0.3 is 4.74 Å². The van der Waals surface area contributed by atoms with Crippen LogP contribution in [0.1, 0.15) is 30.5 Å². The molecule has 0 bridgehead atoms. The van der Waals surface area contributed by atoms with Crippen LogP contribution in [0, 0.1) is 0 Å². The number of para-hydroxylation sites is 2. The molecule has 1 unspecified atom stereocenters. The van der Waals surface area contributed by atoms with E-state index in [1.807, 2.05) is 0 Å². The maximum Gasteiger partial charge on any atom is 0.556 e. The SMILES string of the molecule is CC1(C)c2ccccc2-c2c1c1ccccc1[n+]1c2-c2ccccc2C12Oc1cccc3ccc[n+]2c13. The molecule has 3 nitrogen and oxygen atoms in total. The second-order valence-corrected chi connectivity index (χ2v) is 10.9. The number of nitrogens with zero attached hydrogens (tertiary/aromatic N) is 2. The Hall–Kier alpha value is -4.50. The second kappa shape index (κ2) is 6.24. The Labute approximate surface area is 214 Å². The van der Waals surface area contributed by atoms with Crippen molar-refractivity contribution in [3.8, 4) is 28.1 Å². The first-order valence-electron chi connectivity index (χ1n) is 13.0. The van der Waals surface area contributed by atoms with Crippen molar-refractivity contribution in [2.45, 2.75) is 25.1 Å². The van der Waals surface area contributed by atoms with Crippen molar-refractivity contribution in [3.63, 3.8) is 0 Å². The average molecular weight is 477 g/mol. The van der Waals surface area contributed by atoms with E-state index in [0.29, 0.717) is 0 Å². The lowest BCUT2D eigenvalue weighted by Gasteiger charge is -2.23. The molecule has 0 N–H and O–H groups in total. The van der Waals surface area contributed by atoms with E-state index >= 15 is 0 Å². The standard InChI is InChI=1S/C34H24N2O/c1-33(2)25-16-6-3-13-22(25)29-30(33)24-15-5-8-18-27(24)36-32(29)23-14-4-7-17-26(23)34(36)35-20-10-12-21-11-9-19-28(37-34)31(21)35/h3-20H,1-2H3/q+2. The quantitative estimate of drug-likeness (QED) is 0.230. The van der Waals surface area contributed by atoms with Crippen LogP contribution in [0.25, 0.3) is 44.2 Å². The summed E-state index contributed by atoms with van der Waals surface area (Å²) in [6.07, 6.45) is 2.18.